The summed E-state index contributed by atoms with van der Waals surface area (Å²) in [5.41, 5.74) is 1.28. The number of rotatable bonds is 6. The molecule has 2 aliphatic heterocycles. The number of allylic oxidation sites excluding steroid dienone is 2. The van der Waals surface area contributed by atoms with Gasteiger partial charge in [-0.25, -0.2) is 0 Å². The van der Waals surface area contributed by atoms with Crippen LogP contribution in [-0.4, -0.2) is 38.9 Å². The SMILES string of the molecule is C=CCC1=C[C@@]2(OC)OC(=O)[C@@H](C1=O)[C@H](c1ccc(OC)c(OC)c1)[C@H]2C. The summed E-state index contributed by atoms with van der Waals surface area (Å²) >= 11 is 0. The highest BCUT2D eigenvalue weighted by atomic mass is 16.7. The summed E-state index contributed by atoms with van der Waals surface area (Å²) < 4.78 is 21.9. The van der Waals surface area contributed by atoms with E-state index in [1.165, 1.54) is 7.11 Å². The highest BCUT2D eigenvalue weighted by molar-refractivity contribution is 6.10. The molecule has 0 unspecified atom stereocenters. The molecule has 4 rings (SSSR count). The number of ketones is 1. The second-order valence-corrected chi connectivity index (χ2v) is 6.78. The maximum atomic E-state index is 13.1. The van der Waals surface area contributed by atoms with Crippen LogP contribution in [0.4, 0.5) is 0 Å². The fourth-order valence-corrected chi connectivity index (χ4v) is 4.09. The van der Waals surface area contributed by atoms with Gasteiger partial charge in [-0.15, -0.1) is 6.58 Å². The van der Waals surface area contributed by atoms with Gasteiger partial charge >= 0.3 is 5.97 Å². The number of carbonyl (C=O) groups excluding carboxylic acids is 2. The number of hydrogen-bond acceptors (Lipinski definition) is 6. The minimum Gasteiger partial charge on any atom is -0.493 e. The van der Waals surface area contributed by atoms with Crippen LogP contribution in [0.25, 0.3) is 0 Å². The van der Waals surface area contributed by atoms with E-state index in [-0.39, 0.29) is 11.7 Å². The molecule has 6 nitrogen and oxygen atoms in total. The van der Waals surface area contributed by atoms with Crippen LogP contribution in [-0.2, 0) is 19.1 Å². The number of fused-ring (bicyclic) bond motifs is 3. The summed E-state index contributed by atoms with van der Waals surface area (Å²) in [5, 5.41) is 0. The first-order valence-electron chi connectivity index (χ1n) is 8.79. The minimum atomic E-state index is -1.30. The van der Waals surface area contributed by atoms with Crippen LogP contribution in [0, 0.1) is 11.8 Å². The molecule has 0 amide bonds. The van der Waals surface area contributed by atoms with Gasteiger partial charge in [0.25, 0.3) is 0 Å². The van der Waals surface area contributed by atoms with E-state index in [1.54, 1.807) is 38.5 Å². The van der Waals surface area contributed by atoms with Crippen molar-refractivity contribution in [1.29, 1.82) is 0 Å². The second kappa shape index (κ2) is 7.19. The van der Waals surface area contributed by atoms with Crippen LogP contribution < -0.4 is 9.47 Å². The van der Waals surface area contributed by atoms with Crippen molar-refractivity contribution in [2.75, 3.05) is 21.3 Å². The minimum absolute atomic E-state index is 0.247. The molecule has 3 aliphatic rings. The number of methoxy groups -OCH3 is 3. The number of benzene rings is 1. The smallest absolute Gasteiger partial charge is 0.320 e. The molecule has 2 bridgehead atoms. The van der Waals surface area contributed by atoms with Crippen LogP contribution >= 0.6 is 0 Å². The van der Waals surface area contributed by atoms with Crippen molar-refractivity contribution >= 4 is 11.8 Å². The fraction of sp³-hybridized carbons (Fsp3) is 0.429. The Labute approximate surface area is 158 Å². The Bertz CT molecular complexity index is 811. The van der Waals surface area contributed by atoms with Crippen LogP contribution in [0.5, 0.6) is 11.5 Å². The highest BCUT2D eigenvalue weighted by Gasteiger charge is 2.58. The summed E-state index contributed by atoms with van der Waals surface area (Å²) in [6, 6.07) is 5.42. The Kier molecular flexibility index (Phi) is 5.11. The van der Waals surface area contributed by atoms with Gasteiger partial charge in [0, 0.05) is 24.5 Å². The largest absolute Gasteiger partial charge is 0.493 e. The number of ether oxygens (including phenoxy) is 4. The van der Waals surface area contributed by atoms with Crippen LogP contribution in [0.2, 0.25) is 0 Å². The van der Waals surface area contributed by atoms with E-state index >= 15 is 0 Å². The first kappa shape index (κ1) is 19.2. The average Bonchev–Trinajstić information content (AvgIpc) is 2.83. The van der Waals surface area contributed by atoms with E-state index < -0.39 is 23.6 Å². The Morgan fingerprint density at radius 1 is 1.19 bits per heavy atom. The van der Waals surface area contributed by atoms with E-state index in [0.717, 1.165) is 5.56 Å². The maximum absolute atomic E-state index is 13.1. The number of carbonyl (C=O) groups is 2. The van der Waals surface area contributed by atoms with Gasteiger partial charge in [0.1, 0.15) is 5.92 Å². The van der Waals surface area contributed by atoms with Gasteiger partial charge in [0.15, 0.2) is 17.3 Å². The van der Waals surface area contributed by atoms with Gasteiger partial charge in [0.2, 0.25) is 5.79 Å². The van der Waals surface area contributed by atoms with Crippen LogP contribution in [0.3, 0.4) is 0 Å². The predicted molar refractivity (Wildman–Crippen MR) is 98.7 cm³/mol. The van der Waals surface area contributed by atoms with E-state index in [9.17, 15) is 9.59 Å². The van der Waals surface area contributed by atoms with E-state index in [0.29, 0.717) is 23.5 Å². The molecular weight excluding hydrogens is 348 g/mol. The lowest BCUT2D eigenvalue weighted by molar-refractivity contribution is -0.239. The first-order valence-corrected chi connectivity index (χ1v) is 8.79. The average molecular weight is 372 g/mol. The number of hydrogen-bond donors (Lipinski definition) is 0. The number of Topliss-reactive ketones (excluding diaryl/α,β-unsaturated/α-hetero) is 1. The zero-order valence-corrected chi connectivity index (χ0v) is 16.0. The predicted octanol–water partition coefficient (Wildman–Crippen LogP) is 3.02. The van der Waals surface area contributed by atoms with Crippen molar-refractivity contribution in [3.8, 4) is 11.5 Å². The van der Waals surface area contributed by atoms with Gasteiger partial charge in [-0.3, -0.25) is 9.59 Å². The summed E-state index contributed by atoms with van der Waals surface area (Å²) in [5.74, 6) is -2.64. The molecule has 27 heavy (non-hydrogen) atoms. The monoisotopic (exact) mass is 372 g/mol. The molecule has 1 aromatic carbocycles. The first-order chi connectivity index (χ1) is 12.9. The lowest BCUT2D eigenvalue weighted by atomic mass is 9.72. The van der Waals surface area contributed by atoms with Crippen molar-refractivity contribution in [3.63, 3.8) is 0 Å². The molecule has 0 radical (unpaired) electrons. The molecule has 1 aromatic rings. The molecule has 0 N–H and O–H groups in total. The van der Waals surface area contributed by atoms with Crippen molar-refractivity contribution in [3.05, 3.63) is 48.1 Å². The molecule has 4 atom stereocenters. The van der Waals surface area contributed by atoms with Crippen LogP contribution in [0.15, 0.2) is 42.5 Å². The van der Waals surface area contributed by atoms with E-state index in [1.807, 2.05) is 13.0 Å². The summed E-state index contributed by atoms with van der Waals surface area (Å²) in [6.45, 7) is 5.63. The molecular formula is C21H24O6. The lowest BCUT2D eigenvalue weighted by Crippen LogP contribution is -2.52. The maximum Gasteiger partial charge on any atom is 0.320 e. The normalized spacial score (nSPS) is 29.6. The molecule has 144 valence electrons. The Hall–Kier alpha value is -2.60. The van der Waals surface area contributed by atoms with Crippen molar-refractivity contribution in [2.45, 2.75) is 25.0 Å². The number of esters is 1. The topological polar surface area (TPSA) is 71.1 Å². The van der Waals surface area contributed by atoms with E-state index in [2.05, 4.69) is 6.58 Å². The molecule has 1 aliphatic carbocycles. The van der Waals surface area contributed by atoms with Gasteiger partial charge in [-0.05, 0) is 30.2 Å². The van der Waals surface area contributed by atoms with Gasteiger partial charge in [0.05, 0.1) is 14.2 Å². The Morgan fingerprint density at radius 2 is 1.89 bits per heavy atom. The summed E-state index contributed by atoms with van der Waals surface area (Å²) in [6.07, 6.45) is 3.63. The molecule has 1 saturated heterocycles. The van der Waals surface area contributed by atoms with Crippen molar-refractivity contribution < 1.29 is 28.5 Å². The van der Waals surface area contributed by atoms with Crippen molar-refractivity contribution in [2.24, 2.45) is 11.8 Å². The zero-order valence-electron chi connectivity index (χ0n) is 16.0. The third-order valence-corrected chi connectivity index (χ3v) is 5.50. The van der Waals surface area contributed by atoms with Crippen LogP contribution in [0.1, 0.15) is 24.8 Å². The third-order valence-electron chi connectivity index (χ3n) is 5.50. The second-order valence-electron chi connectivity index (χ2n) is 6.78. The molecule has 6 heteroatoms. The molecule has 0 saturated carbocycles. The van der Waals surface area contributed by atoms with Gasteiger partial charge in [-0.1, -0.05) is 19.1 Å². The molecule has 0 aromatic heterocycles. The quantitative estimate of drug-likeness (QED) is 0.434. The molecule has 1 fully saturated rings. The van der Waals surface area contributed by atoms with E-state index in [4.69, 9.17) is 18.9 Å². The van der Waals surface area contributed by atoms with Crippen molar-refractivity contribution in [1.82, 2.24) is 0 Å². The zero-order chi connectivity index (χ0) is 19.8. The molecule has 0 spiro atoms. The summed E-state index contributed by atoms with van der Waals surface area (Å²) in [4.78, 5) is 25.9. The third kappa shape index (κ3) is 2.94. The standard InChI is InChI=1S/C21H24O6/c1-6-7-14-11-21(26-5)12(2)17(18(19(14)22)20(23)27-21)13-8-9-15(24-3)16(10-13)25-4/h6,8-12,17-18H,1,7H2,2-5H3/t12-,17+,18-,21-/m1/s1. The summed E-state index contributed by atoms with van der Waals surface area (Å²) in [7, 11) is 4.58. The highest BCUT2D eigenvalue weighted by Crippen LogP contribution is 2.51. The van der Waals surface area contributed by atoms with Gasteiger partial charge in [-0.2, -0.15) is 0 Å². The Balaban J connectivity index is 2.16. The lowest BCUT2D eigenvalue weighted by Gasteiger charge is -2.43. The Morgan fingerprint density at radius 3 is 2.48 bits per heavy atom. The van der Waals surface area contributed by atoms with Gasteiger partial charge < -0.3 is 18.9 Å². The fourth-order valence-electron chi connectivity index (χ4n) is 4.09. The molecule has 2 heterocycles.